The third kappa shape index (κ3) is 2.91. The zero-order valence-electron chi connectivity index (χ0n) is 9.87. The van der Waals surface area contributed by atoms with Crippen molar-refractivity contribution in [3.8, 4) is 0 Å². The molecule has 2 N–H and O–H groups in total. The number of pyridine rings is 1. The summed E-state index contributed by atoms with van der Waals surface area (Å²) in [6.45, 7) is 1.19. The van der Waals surface area contributed by atoms with Crippen molar-refractivity contribution >= 4 is 17.5 Å². The fourth-order valence-electron chi connectivity index (χ4n) is 1.92. The lowest BCUT2D eigenvalue weighted by Crippen LogP contribution is -2.53. The van der Waals surface area contributed by atoms with Crippen LogP contribution >= 0.6 is 11.6 Å². The van der Waals surface area contributed by atoms with Gasteiger partial charge >= 0.3 is 0 Å². The lowest BCUT2D eigenvalue weighted by Gasteiger charge is -2.36. The summed E-state index contributed by atoms with van der Waals surface area (Å²) in [6, 6.07) is 2.82. The molecular formula is C12H15ClN2O3. The number of alkyl halides is 1. The molecule has 0 aliphatic carbocycles. The zero-order chi connectivity index (χ0) is 13.0. The molecule has 2 rings (SSSR count). The summed E-state index contributed by atoms with van der Waals surface area (Å²) in [5.41, 5.74) is -0.220. The molecule has 18 heavy (non-hydrogen) atoms. The molecular weight excluding hydrogens is 256 g/mol. The number of carbonyl (C=O) groups is 1. The average Bonchev–Trinajstić information content (AvgIpc) is 2.40. The Labute approximate surface area is 109 Å². The van der Waals surface area contributed by atoms with E-state index in [0.29, 0.717) is 37.5 Å². The highest BCUT2D eigenvalue weighted by Gasteiger charge is 2.33. The van der Waals surface area contributed by atoms with Crippen molar-refractivity contribution in [1.29, 1.82) is 0 Å². The van der Waals surface area contributed by atoms with Crippen molar-refractivity contribution in [3.63, 3.8) is 0 Å². The molecule has 0 aromatic carbocycles. The number of hydrogen-bond acceptors (Lipinski definition) is 3. The summed E-state index contributed by atoms with van der Waals surface area (Å²) < 4.78 is 5.27. The molecule has 1 fully saturated rings. The maximum Gasteiger partial charge on any atom is 0.253 e. The molecule has 1 amide bonds. The minimum atomic E-state index is -0.410. The molecule has 0 spiro atoms. The number of hydrogen-bond donors (Lipinski definition) is 2. The van der Waals surface area contributed by atoms with E-state index >= 15 is 0 Å². The molecule has 2 heterocycles. The predicted molar refractivity (Wildman–Crippen MR) is 68.0 cm³/mol. The van der Waals surface area contributed by atoms with E-state index in [4.69, 9.17) is 16.3 Å². The number of rotatable bonds is 3. The van der Waals surface area contributed by atoms with Gasteiger partial charge in [0.2, 0.25) is 5.56 Å². The van der Waals surface area contributed by atoms with Crippen LogP contribution < -0.4 is 10.9 Å². The van der Waals surface area contributed by atoms with Crippen LogP contribution in [0.3, 0.4) is 0 Å². The summed E-state index contributed by atoms with van der Waals surface area (Å²) in [4.78, 5) is 25.5. The third-order valence-electron chi connectivity index (χ3n) is 3.13. The van der Waals surface area contributed by atoms with E-state index in [1.807, 2.05) is 0 Å². The molecule has 98 valence electrons. The quantitative estimate of drug-likeness (QED) is 0.802. The monoisotopic (exact) mass is 270 g/mol. The molecule has 1 aromatic heterocycles. The topological polar surface area (TPSA) is 71.2 Å². The fraction of sp³-hybridized carbons (Fsp3) is 0.500. The number of nitrogens with one attached hydrogen (secondary N) is 2. The predicted octanol–water partition coefficient (Wildman–Crippen LogP) is 0.893. The van der Waals surface area contributed by atoms with E-state index in [9.17, 15) is 9.59 Å². The highest BCUT2D eigenvalue weighted by molar-refractivity contribution is 6.19. The molecule has 1 aliphatic rings. The smallest absolute Gasteiger partial charge is 0.253 e. The standard InChI is InChI=1S/C12H15ClN2O3/c13-8-12(3-5-18-6-4-12)15-11(17)9-1-2-10(16)14-7-9/h1-2,7H,3-6,8H2,(H,14,16)(H,15,17). The summed E-state index contributed by atoms with van der Waals surface area (Å²) in [6.07, 6.45) is 2.80. The Kier molecular flexibility index (Phi) is 4.04. The van der Waals surface area contributed by atoms with Crippen LogP contribution in [0.4, 0.5) is 0 Å². The van der Waals surface area contributed by atoms with Gasteiger partial charge in [-0.3, -0.25) is 9.59 Å². The van der Waals surface area contributed by atoms with Crippen LogP contribution in [0.1, 0.15) is 23.2 Å². The molecule has 1 aromatic rings. The molecule has 6 heteroatoms. The summed E-state index contributed by atoms with van der Waals surface area (Å²) in [7, 11) is 0. The third-order valence-corrected chi connectivity index (χ3v) is 3.64. The maximum atomic E-state index is 12.1. The van der Waals surface area contributed by atoms with Crippen molar-refractivity contribution < 1.29 is 9.53 Å². The van der Waals surface area contributed by atoms with Crippen LogP contribution in [0, 0.1) is 0 Å². The van der Waals surface area contributed by atoms with E-state index < -0.39 is 5.54 Å². The lowest BCUT2D eigenvalue weighted by molar-refractivity contribution is 0.0433. The highest BCUT2D eigenvalue weighted by Crippen LogP contribution is 2.22. The number of aromatic amines is 1. The van der Waals surface area contributed by atoms with Crippen molar-refractivity contribution in [3.05, 3.63) is 34.2 Å². The van der Waals surface area contributed by atoms with Gasteiger partial charge in [-0.05, 0) is 18.9 Å². The first-order valence-corrected chi connectivity index (χ1v) is 6.34. The van der Waals surface area contributed by atoms with Gasteiger partial charge < -0.3 is 15.0 Å². The normalized spacial score (nSPS) is 18.3. The van der Waals surface area contributed by atoms with Crippen LogP contribution in [0.5, 0.6) is 0 Å². The first-order chi connectivity index (χ1) is 8.65. The summed E-state index contributed by atoms with van der Waals surface area (Å²) >= 11 is 5.97. The Balaban J connectivity index is 2.09. The highest BCUT2D eigenvalue weighted by atomic mass is 35.5. The number of H-pyrrole nitrogens is 1. The Morgan fingerprint density at radius 3 is 2.72 bits per heavy atom. The number of carbonyl (C=O) groups excluding carboxylic acids is 1. The molecule has 5 nitrogen and oxygen atoms in total. The van der Waals surface area contributed by atoms with Crippen molar-refractivity contribution in [2.75, 3.05) is 19.1 Å². The van der Waals surface area contributed by atoms with Gasteiger partial charge in [0.05, 0.1) is 11.1 Å². The van der Waals surface area contributed by atoms with Crippen LogP contribution in [0.2, 0.25) is 0 Å². The lowest BCUT2D eigenvalue weighted by atomic mass is 9.92. The Hall–Kier alpha value is -1.33. The van der Waals surface area contributed by atoms with Gasteiger partial charge in [0, 0.05) is 31.4 Å². The molecule has 1 aliphatic heterocycles. The molecule has 0 bridgehead atoms. The zero-order valence-corrected chi connectivity index (χ0v) is 10.6. The van der Waals surface area contributed by atoms with Crippen LogP contribution in [-0.4, -0.2) is 35.5 Å². The molecule has 0 atom stereocenters. The minimum Gasteiger partial charge on any atom is -0.381 e. The number of halogens is 1. The van der Waals surface area contributed by atoms with Gasteiger partial charge in [0.25, 0.3) is 5.91 Å². The first-order valence-electron chi connectivity index (χ1n) is 5.80. The molecule has 1 saturated heterocycles. The molecule has 0 saturated carbocycles. The van der Waals surface area contributed by atoms with Crippen molar-refractivity contribution in [2.45, 2.75) is 18.4 Å². The summed E-state index contributed by atoms with van der Waals surface area (Å²) in [5.74, 6) is 0.125. The average molecular weight is 271 g/mol. The second-order valence-electron chi connectivity index (χ2n) is 4.42. The largest absolute Gasteiger partial charge is 0.381 e. The van der Waals surface area contributed by atoms with Gasteiger partial charge in [-0.15, -0.1) is 11.6 Å². The van der Waals surface area contributed by atoms with Gasteiger partial charge in [-0.25, -0.2) is 0 Å². The second-order valence-corrected chi connectivity index (χ2v) is 4.69. The van der Waals surface area contributed by atoms with E-state index in [1.165, 1.54) is 18.3 Å². The van der Waals surface area contributed by atoms with Gasteiger partial charge in [0.15, 0.2) is 0 Å². The second kappa shape index (κ2) is 5.54. The molecule has 0 unspecified atom stereocenters. The van der Waals surface area contributed by atoms with Crippen LogP contribution in [0.15, 0.2) is 23.1 Å². The number of ether oxygens (including phenoxy) is 1. The van der Waals surface area contributed by atoms with Gasteiger partial charge in [-0.2, -0.15) is 0 Å². The van der Waals surface area contributed by atoms with Crippen molar-refractivity contribution in [1.82, 2.24) is 10.3 Å². The minimum absolute atomic E-state index is 0.228. The van der Waals surface area contributed by atoms with Crippen LogP contribution in [-0.2, 0) is 4.74 Å². The summed E-state index contributed by atoms with van der Waals surface area (Å²) in [5, 5.41) is 2.94. The van der Waals surface area contributed by atoms with Crippen molar-refractivity contribution in [2.24, 2.45) is 0 Å². The number of aromatic nitrogens is 1. The Morgan fingerprint density at radius 2 is 2.17 bits per heavy atom. The fourth-order valence-corrected chi connectivity index (χ4v) is 2.25. The van der Waals surface area contributed by atoms with Crippen LogP contribution in [0.25, 0.3) is 0 Å². The van der Waals surface area contributed by atoms with Gasteiger partial charge in [0.1, 0.15) is 0 Å². The SMILES string of the molecule is O=C(NC1(CCl)CCOCC1)c1ccc(=O)[nH]c1. The Bertz CT molecular complexity index is 460. The van der Waals surface area contributed by atoms with E-state index in [-0.39, 0.29) is 11.5 Å². The molecule has 0 radical (unpaired) electrons. The first kappa shape index (κ1) is 13.1. The van der Waals surface area contributed by atoms with E-state index in [0.717, 1.165) is 0 Å². The van der Waals surface area contributed by atoms with Gasteiger partial charge in [-0.1, -0.05) is 0 Å². The number of amides is 1. The Morgan fingerprint density at radius 1 is 1.44 bits per heavy atom. The van der Waals surface area contributed by atoms with E-state index in [2.05, 4.69) is 10.3 Å². The maximum absolute atomic E-state index is 12.1. The van der Waals surface area contributed by atoms with E-state index in [1.54, 1.807) is 0 Å².